The molecule has 0 amide bonds. The third kappa shape index (κ3) is 3.58. The maximum Gasteiger partial charge on any atom is 0.339 e. The highest BCUT2D eigenvalue weighted by Gasteiger charge is 2.17. The normalized spacial score (nSPS) is 13.4. The first kappa shape index (κ1) is 15.4. The molecule has 1 aromatic rings. The van der Waals surface area contributed by atoms with E-state index in [4.69, 9.17) is 14.7 Å². The quantitative estimate of drug-likeness (QED) is 0.836. The lowest BCUT2D eigenvalue weighted by Gasteiger charge is -2.28. The summed E-state index contributed by atoms with van der Waals surface area (Å²) in [7, 11) is 2.95. The lowest BCUT2D eigenvalue weighted by molar-refractivity contribution is -0.135. The number of nitrogens with one attached hydrogen (secondary N) is 1. The maximum atomic E-state index is 11.8. The molecule has 0 unspecified atom stereocenters. The Balaban J connectivity index is 2.28. The van der Waals surface area contributed by atoms with Crippen molar-refractivity contribution in [1.29, 1.82) is 5.26 Å². The van der Waals surface area contributed by atoms with Crippen LogP contribution in [0.4, 0.5) is 0 Å². The average molecular weight is 299 g/mol. The molecule has 0 fully saturated rings. The van der Waals surface area contributed by atoms with Crippen molar-refractivity contribution in [2.45, 2.75) is 6.42 Å². The molecule has 114 valence electrons. The van der Waals surface area contributed by atoms with Gasteiger partial charge in [0.2, 0.25) is 0 Å². The molecule has 22 heavy (non-hydrogen) atoms. The zero-order chi connectivity index (χ0) is 15.9. The number of nitriles is 1. The molecule has 2 rings (SSSR count). The summed E-state index contributed by atoms with van der Waals surface area (Å²) in [6.45, 7) is 0.463. The van der Waals surface area contributed by atoms with Gasteiger partial charge < -0.3 is 9.47 Å². The van der Waals surface area contributed by atoms with E-state index in [0.717, 1.165) is 17.0 Å². The van der Waals surface area contributed by atoms with Crippen LogP contribution in [-0.4, -0.2) is 31.7 Å². The van der Waals surface area contributed by atoms with Crippen molar-refractivity contribution in [3.63, 3.8) is 0 Å². The molecule has 1 aliphatic heterocycles. The molecule has 0 spiro atoms. The maximum absolute atomic E-state index is 11.8. The van der Waals surface area contributed by atoms with Gasteiger partial charge in [0.25, 0.3) is 0 Å². The molecule has 0 radical (unpaired) electrons. The summed E-state index contributed by atoms with van der Waals surface area (Å²) in [5.74, 6) is 0.333. The van der Waals surface area contributed by atoms with Crippen LogP contribution in [0.2, 0.25) is 0 Å². The minimum atomic E-state index is -0.422. The summed E-state index contributed by atoms with van der Waals surface area (Å²) < 4.78 is 9.91. The smallest absolute Gasteiger partial charge is 0.339 e. The Bertz CT molecular complexity index is 642. The standard InChI is InChI=1S/C16H17N3O3/c1-21-14-6-4-12(5-7-14)15-10-13(16(20)22-2)11-19(18-15)9-3-8-17/h4-7,10-11,18H,3,9H2,1-2H3. The second kappa shape index (κ2) is 7.18. The molecular weight excluding hydrogens is 282 g/mol. The Hall–Kier alpha value is -2.94. The largest absolute Gasteiger partial charge is 0.497 e. The Labute approximate surface area is 129 Å². The summed E-state index contributed by atoms with van der Waals surface area (Å²) in [6, 6.07) is 9.54. The first-order valence-electron chi connectivity index (χ1n) is 6.74. The molecule has 6 nitrogen and oxygen atoms in total. The molecule has 0 atom stereocenters. The number of hydrogen-bond donors (Lipinski definition) is 1. The predicted octanol–water partition coefficient (Wildman–Crippen LogP) is 1.83. The van der Waals surface area contributed by atoms with Crippen LogP contribution in [0.3, 0.4) is 0 Å². The number of nitrogens with zero attached hydrogens (tertiary/aromatic N) is 2. The van der Waals surface area contributed by atoms with Crippen molar-refractivity contribution >= 4 is 11.7 Å². The van der Waals surface area contributed by atoms with Gasteiger partial charge in [-0.15, -0.1) is 0 Å². The van der Waals surface area contributed by atoms with Crippen LogP contribution in [0, 0.1) is 11.3 Å². The molecule has 0 aromatic heterocycles. The SMILES string of the molecule is COC(=O)C1=CN(CCC#N)NC(c2ccc(OC)cc2)=C1. The van der Waals surface area contributed by atoms with Gasteiger partial charge in [-0.05, 0) is 35.9 Å². The minimum absolute atomic E-state index is 0.341. The van der Waals surface area contributed by atoms with Crippen LogP contribution in [0.15, 0.2) is 42.1 Å². The van der Waals surface area contributed by atoms with Crippen LogP contribution in [0.1, 0.15) is 12.0 Å². The third-order valence-electron chi connectivity index (χ3n) is 3.15. The second-order valence-corrected chi connectivity index (χ2v) is 4.58. The highest BCUT2D eigenvalue weighted by molar-refractivity contribution is 5.94. The molecule has 1 aliphatic rings. The van der Waals surface area contributed by atoms with E-state index in [1.807, 2.05) is 24.3 Å². The Morgan fingerprint density at radius 1 is 1.32 bits per heavy atom. The van der Waals surface area contributed by atoms with Gasteiger partial charge in [-0.25, -0.2) is 4.79 Å². The fraction of sp³-hybridized carbons (Fsp3) is 0.250. The van der Waals surface area contributed by atoms with Crippen molar-refractivity contribution in [3.05, 3.63) is 47.7 Å². The number of methoxy groups -OCH3 is 2. The van der Waals surface area contributed by atoms with E-state index >= 15 is 0 Å². The molecule has 1 N–H and O–H groups in total. The third-order valence-corrected chi connectivity index (χ3v) is 3.15. The molecule has 0 bridgehead atoms. The van der Waals surface area contributed by atoms with E-state index in [0.29, 0.717) is 18.5 Å². The van der Waals surface area contributed by atoms with Crippen LogP contribution >= 0.6 is 0 Å². The van der Waals surface area contributed by atoms with Crippen LogP contribution in [-0.2, 0) is 9.53 Å². The van der Waals surface area contributed by atoms with Crippen LogP contribution < -0.4 is 10.2 Å². The van der Waals surface area contributed by atoms with Gasteiger partial charge in [0.1, 0.15) is 5.75 Å². The number of ether oxygens (including phenoxy) is 2. The summed E-state index contributed by atoms with van der Waals surface area (Å²) in [5.41, 5.74) is 5.24. The van der Waals surface area contributed by atoms with Gasteiger partial charge in [-0.3, -0.25) is 10.4 Å². The predicted molar refractivity (Wildman–Crippen MR) is 81.1 cm³/mol. The van der Waals surface area contributed by atoms with Gasteiger partial charge >= 0.3 is 5.97 Å². The monoisotopic (exact) mass is 299 g/mol. The fourth-order valence-electron chi connectivity index (χ4n) is 2.02. The highest BCUT2D eigenvalue weighted by atomic mass is 16.5. The zero-order valence-electron chi connectivity index (χ0n) is 12.5. The molecular formula is C16H17N3O3. The summed E-state index contributed by atoms with van der Waals surface area (Å²) in [4.78, 5) is 11.8. The Morgan fingerprint density at radius 3 is 2.64 bits per heavy atom. The van der Waals surface area contributed by atoms with E-state index in [1.54, 1.807) is 24.4 Å². The van der Waals surface area contributed by atoms with Gasteiger partial charge in [0, 0.05) is 6.20 Å². The van der Waals surface area contributed by atoms with Crippen LogP contribution in [0.25, 0.3) is 5.70 Å². The molecule has 0 saturated heterocycles. The van der Waals surface area contributed by atoms with E-state index < -0.39 is 5.97 Å². The lowest BCUT2D eigenvalue weighted by Crippen LogP contribution is -2.36. The van der Waals surface area contributed by atoms with E-state index in [1.165, 1.54) is 7.11 Å². The first-order chi connectivity index (χ1) is 10.7. The van der Waals surface area contributed by atoms with Gasteiger partial charge in [0.05, 0.1) is 44.5 Å². The summed E-state index contributed by atoms with van der Waals surface area (Å²) in [6.07, 6.45) is 3.69. The van der Waals surface area contributed by atoms with Crippen molar-refractivity contribution < 1.29 is 14.3 Å². The second-order valence-electron chi connectivity index (χ2n) is 4.58. The number of carbonyl (C=O) groups is 1. The molecule has 0 saturated carbocycles. The van der Waals surface area contributed by atoms with Gasteiger partial charge in [0.15, 0.2) is 0 Å². The topological polar surface area (TPSA) is 74.6 Å². The van der Waals surface area contributed by atoms with E-state index in [9.17, 15) is 4.79 Å². The Morgan fingerprint density at radius 2 is 2.05 bits per heavy atom. The minimum Gasteiger partial charge on any atom is -0.497 e. The molecule has 6 heteroatoms. The number of hydrazine groups is 1. The van der Waals surface area contributed by atoms with E-state index in [-0.39, 0.29) is 0 Å². The molecule has 1 aromatic carbocycles. The number of esters is 1. The Kier molecular flexibility index (Phi) is 5.04. The average Bonchev–Trinajstić information content (AvgIpc) is 2.59. The van der Waals surface area contributed by atoms with Gasteiger partial charge in [-0.1, -0.05) is 0 Å². The number of benzene rings is 1. The number of carbonyl (C=O) groups excluding carboxylic acids is 1. The van der Waals surface area contributed by atoms with E-state index in [2.05, 4.69) is 11.5 Å². The lowest BCUT2D eigenvalue weighted by atomic mass is 10.1. The molecule has 1 heterocycles. The van der Waals surface area contributed by atoms with Crippen molar-refractivity contribution in [2.75, 3.05) is 20.8 Å². The van der Waals surface area contributed by atoms with Gasteiger partial charge in [-0.2, -0.15) is 5.26 Å². The van der Waals surface area contributed by atoms with Crippen molar-refractivity contribution in [2.24, 2.45) is 0 Å². The number of hydrogen-bond acceptors (Lipinski definition) is 6. The first-order valence-corrected chi connectivity index (χ1v) is 6.74. The summed E-state index contributed by atoms with van der Waals surface area (Å²) in [5, 5.41) is 10.4. The van der Waals surface area contributed by atoms with Crippen LogP contribution in [0.5, 0.6) is 5.75 Å². The number of rotatable bonds is 5. The summed E-state index contributed by atoms with van der Waals surface area (Å²) >= 11 is 0. The highest BCUT2D eigenvalue weighted by Crippen LogP contribution is 2.22. The zero-order valence-corrected chi connectivity index (χ0v) is 12.5. The van der Waals surface area contributed by atoms with Crippen molar-refractivity contribution in [3.8, 4) is 11.8 Å². The van der Waals surface area contributed by atoms with Crippen molar-refractivity contribution in [1.82, 2.24) is 10.4 Å². The molecule has 0 aliphatic carbocycles. The fourth-order valence-corrected chi connectivity index (χ4v) is 2.02.